The molecule has 10 nitrogen and oxygen atoms in total. The largest absolute Gasteiger partial charge is 0.480 e. The van der Waals surface area contributed by atoms with Crippen LogP contribution in [0.1, 0.15) is 25.7 Å². The molecule has 2 aliphatic heterocycles. The van der Waals surface area contributed by atoms with Crippen molar-refractivity contribution in [1.82, 2.24) is 14.9 Å². The normalized spacial score (nSPS) is 24.5. The lowest BCUT2D eigenvalue weighted by Gasteiger charge is -2.35. The highest BCUT2D eigenvalue weighted by Gasteiger charge is 2.45. The molecule has 2 fully saturated rings. The summed E-state index contributed by atoms with van der Waals surface area (Å²) in [6.07, 6.45) is 5.09. The second kappa shape index (κ2) is 12.0. The Kier molecular flexibility index (Phi) is 8.91. The maximum absolute atomic E-state index is 13.7. The quantitative estimate of drug-likeness (QED) is 0.410. The number of Topliss-reactive ketones (excluding diaryl/α,β-unsaturated/α-hetero) is 1. The van der Waals surface area contributed by atoms with Crippen molar-refractivity contribution in [1.29, 1.82) is 0 Å². The van der Waals surface area contributed by atoms with Crippen LogP contribution in [0.5, 0.6) is 0 Å². The molecule has 3 aliphatic rings. The number of aliphatic carboxylic acids is 1. The van der Waals surface area contributed by atoms with E-state index in [4.69, 9.17) is 4.74 Å². The number of sulfonamides is 1. The molecule has 1 aromatic rings. The smallest absolute Gasteiger partial charge is 0.415 e. The van der Waals surface area contributed by atoms with Crippen LogP contribution in [0, 0.1) is 11.2 Å². The van der Waals surface area contributed by atoms with Gasteiger partial charge in [0, 0.05) is 24.6 Å². The molecule has 0 bridgehead atoms. The first-order valence-electron chi connectivity index (χ1n) is 12.3. The van der Waals surface area contributed by atoms with Gasteiger partial charge in [-0.25, -0.2) is 17.6 Å². The monoisotopic (exact) mass is 567 g/mol. The van der Waals surface area contributed by atoms with Crippen molar-refractivity contribution in [2.24, 2.45) is 5.41 Å². The Hall–Kier alpha value is -2.74. The molecular formula is C25H30FN3O7S2. The molecule has 1 aromatic carbocycles. The number of carbonyl (C=O) groups is 3. The molecule has 13 heteroatoms. The SMILES string of the molecule is O=C(O)[C@H](CC1(C(=O)[C@@H]2CCCN2)C=CC(OC(=O)N2CCSCC2)=CC1)NS(=O)(=O)c1ccc(F)cc1. The summed E-state index contributed by atoms with van der Waals surface area (Å²) < 4.78 is 46.7. The number of carboxylic acids is 1. The number of carboxylic acid groups (broad SMARTS) is 1. The molecule has 0 spiro atoms. The van der Waals surface area contributed by atoms with Crippen molar-refractivity contribution in [3.05, 3.63) is 54.1 Å². The van der Waals surface area contributed by atoms with E-state index >= 15 is 0 Å². The van der Waals surface area contributed by atoms with E-state index in [1.54, 1.807) is 22.7 Å². The molecule has 1 amide bonds. The molecule has 1 aliphatic carbocycles. The molecule has 4 rings (SSSR count). The van der Waals surface area contributed by atoms with Crippen molar-refractivity contribution < 1.29 is 37.0 Å². The van der Waals surface area contributed by atoms with Crippen LogP contribution in [0.25, 0.3) is 0 Å². The Morgan fingerprint density at radius 3 is 2.53 bits per heavy atom. The topological polar surface area (TPSA) is 142 Å². The minimum Gasteiger partial charge on any atom is -0.480 e. The van der Waals surface area contributed by atoms with Gasteiger partial charge in [0.2, 0.25) is 10.0 Å². The summed E-state index contributed by atoms with van der Waals surface area (Å²) in [5, 5.41) is 13.0. The molecule has 2 saturated heterocycles. The Morgan fingerprint density at radius 2 is 1.95 bits per heavy atom. The minimum atomic E-state index is -4.32. The van der Waals surface area contributed by atoms with Crippen molar-refractivity contribution in [2.75, 3.05) is 31.1 Å². The van der Waals surface area contributed by atoms with Gasteiger partial charge >= 0.3 is 12.1 Å². The number of halogens is 1. The number of nitrogens with one attached hydrogen (secondary N) is 2. The predicted octanol–water partition coefficient (Wildman–Crippen LogP) is 2.28. The molecule has 3 atom stereocenters. The number of hydrogen-bond acceptors (Lipinski definition) is 8. The van der Waals surface area contributed by atoms with Crippen LogP contribution in [0.2, 0.25) is 0 Å². The average Bonchev–Trinajstić information content (AvgIpc) is 3.44. The molecule has 206 valence electrons. The standard InChI is InChI=1S/C25H30FN3O7S2/c26-17-3-5-19(6-4-17)38(34,35)28-21(23(31)32)16-25(22(30)20-2-1-11-27-20)9-7-18(8-10-25)36-24(33)29-12-14-37-15-13-29/h3-9,20-21,27-28H,1-2,10-16H2,(H,31,32)/t20-,21-,25?/m0/s1. The molecule has 0 aromatic heterocycles. The van der Waals surface area contributed by atoms with Gasteiger partial charge in [-0.05, 0) is 68.6 Å². The van der Waals surface area contributed by atoms with Gasteiger partial charge in [0.15, 0.2) is 5.78 Å². The number of ketones is 1. The van der Waals surface area contributed by atoms with Crippen molar-refractivity contribution in [3.8, 4) is 0 Å². The number of ether oxygens (including phenoxy) is 1. The van der Waals surface area contributed by atoms with Crippen molar-refractivity contribution in [2.45, 2.75) is 42.7 Å². The fourth-order valence-electron chi connectivity index (χ4n) is 4.75. The number of rotatable bonds is 9. The second-order valence-electron chi connectivity index (χ2n) is 9.45. The van der Waals surface area contributed by atoms with E-state index in [2.05, 4.69) is 10.0 Å². The van der Waals surface area contributed by atoms with Crippen LogP contribution < -0.4 is 10.0 Å². The fourth-order valence-corrected chi connectivity index (χ4v) is 6.84. The van der Waals surface area contributed by atoms with E-state index in [0.29, 0.717) is 26.1 Å². The van der Waals surface area contributed by atoms with Gasteiger partial charge in [0.05, 0.1) is 16.4 Å². The second-order valence-corrected chi connectivity index (χ2v) is 12.4. The van der Waals surface area contributed by atoms with E-state index in [9.17, 15) is 32.3 Å². The fraction of sp³-hybridized carbons (Fsp3) is 0.480. The van der Waals surface area contributed by atoms with E-state index < -0.39 is 45.4 Å². The Morgan fingerprint density at radius 1 is 1.24 bits per heavy atom. The molecule has 2 heterocycles. The number of hydrogen-bond donors (Lipinski definition) is 3. The zero-order valence-corrected chi connectivity index (χ0v) is 22.2. The van der Waals surface area contributed by atoms with Crippen LogP contribution in [-0.2, 0) is 24.3 Å². The summed E-state index contributed by atoms with van der Waals surface area (Å²) in [5.41, 5.74) is -1.35. The highest BCUT2D eigenvalue weighted by Crippen LogP contribution is 2.39. The summed E-state index contributed by atoms with van der Waals surface area (Å²) in [4.78, 5) is 39.7. The maximum atomic E-state index is 13.7. The Bertz CT molecular complexity index is 1220. The zero-order chi connectivity index (χ0) is 27.3. The first-order chi connectivity index (χ1) is 18.1. The van der Waals surface area contributed by atoms with Gasteiger partial charge in [-0.15, -0.1) is 0 Å². The molecule has 0 saturated carbocycles. The lowest BCUT2D eigenvalue weighted by molar-refractivity contribution is -0.140. The molecule has 0 radical (unpaired) electrons. The molecule has 1 unspecified atom stereocenters. The first kappa shape index (κ1) is 28.3. The number of benzene rings is 1. The highest BCUT2D eigenvalue weighted by atomic mass is 32.2. The van der Waals surface area contributed by atoms with Crippen LogP contribution in [0.4, 0.5) is 9.18 Å². The minimum absolute atomic E-state index is 0.0288. The summed E-state index contributed by atoms with van der Waals surface area (Å²) in [5.74, 6) is -0.467. The van der Waals surface area contributed by atoms with Gasteiger partial charge in [0.25, 0.3) is 0 Å². The van der Waals surface area contributed by atoms with Gasteiger partial charge in [-0.1, -0.05) is 6.08 Å². The van der Waals surface area contributed by atoms with Gasteiger partial charge in [0.1, 0.15) is 17.6 Å². The van der Waals surface area contributed by atoms with Crippen molar-refractivity contribution in [3.63, 3.8) is 0 Å². The number of thioether (sulfide) groups is 1. The average molecular weight is 568 g/mol. The molecule has 38 heavy (non-hydrogen) atoms. The zero-order valence-electron chi connectivity index (χ0n) is 20.6. The predicted molar refractivity (Wildman–Crippen MR) is 138 cm³/mol. The third kappa shape index (κ3) is 6.63. The van der Waals surface area contributed by atoms with Gasteiger partial charge in [-0.3, -0.25) is 9.59 Å². The summed E-state index contributed by atoms with van der Waals surface area (Å²) >= 11 is 1.75. The van der Waals surface area contributed by atoms with Crippen LogP contribution in [0.15, 0.2) is 53.1 Å². The maximum Gasteiger partial charge on any atom is 0.415 e. The van der Waals surface area contributed by atoms with E-state index in [0.717, 1.165) is 42.2 Å². The Labute approximate surface area is 224 Å². The third-order valence-electron chi connectivity index (χ3n) is 6.86. The summed E-state index contributed by atoms with van der Waals surface area (Å²) in [6.45, 7) is 1.79. The van der Waals surface area contributed by atoms with E-state index in [-0.39, 0.29) is 29.3 Å². The molecule has 3 N–H and O–H groups in total. The number of allylic oxidation sites excluding steroid dienone is 3. The van der Waals surface area contributed by atoms with E-state index in [1.165, 1.54) is 12.2 Å². The number of nitrogens with zero attached hydrogens (tertiary/aromatic N) is 1. The van der Waals surface area contributed by atoms with Crippen molar-refractivity contribution >= 4 is 39.6 Å². The Balaban J connectivity index is 1.54. The summed E-state index contributed by atoms with van der Waals surface area (Å²) in [6, 6.07) is 1.83. The first-order valence-corrected chi connectivity index (χ1v) is 15.0. The van der Waals surface area contributed by atoms with E-state index in [1.807, 2.05) is 0 Å². The van der Waals surface area contributed by atoms with Gasteiger partial charge < -0.3 is 20.1 Å². The molecular weight excluding hydrogens is 537 g/mol. The number of amides is 1. The lowest BCUT2D eigenvalue weighted by Crippen LogP contribution is -2.50. The van der Waals surface area contributed by atoms with Crippen LogP contribution in [0.3, 0.4) is 0 Å². The lowest BCUT2D eigenvalue weighted by atomic mass is 9.70. The third-order valence-corrected chi connectivity index (χ3v) is 9.29. The van der Waals surface area contributed by atoms with Crippen LogP contribution in [-0.4, -0.2) is 79.5 Å². The van der Waals surface area contributed by atoms with Crippen LogP contribution >= 0.6 is 11.8 Å². The number of carbonyl (C=O) groups excluding carboxylic acids is 2. The highest BCUT2D eigenvalue weighted by molar-refractivity contribution is 7.99. The summed E-state index contributed by atoms with van der Waals surface area (Å²) in [7, 11) is -4.32. The van der Waals surface area contributed by atoms with Gasteiger partial charge in [-0.2, -0.15) is 16.5 Å².